The molecule has 0 spiro atoms. The molecule has 1 aliphatic heterocycles. The first-order valence-electron chi connectivity index (χ1n) is 6.19. The summed E-state index contributed by atoms with van der Waals surface area (Å²) in [5.74, 6) is -1.76. The van der Waals surface area contributed by atoms with Gasteiger partial charge in [0.15, 0.2) is 11.6 Å². The van der Waals surface area contributed by atoms with E-state index >= 15 is 0 Å². The Labute approximate surface area is 106 Å². The van der Waals surface area contributed by atoms with Gasteiger partial charge in [0.05, 0.1) is 11.4 Å². The lowest BCUT2D eigenvalue weighted by atomic mass is 9.98. The zero-order valence-electron chi connectivity index (χ0n) is 10.7. The first-order valence-corrected chi connectivity index (χ1v) is 6.19. The van der Waals surface area contributed by atoms with Crippen molar-refractivity contribution < 1.29 is 8.78 Å². The number of rotatable bonds is 2. The molecule has 0 amide bonds. The van der Waals surface area contributed by atoms with Crippen LogP contribution in [0.25, 0.3) is 0 Å². The van der Waals surface area contributed by atoms with Crippen LogP contribution in [0.3, 0.4) is 0 Å². The normalized spacial score (nSPS) is 25.1. The van der Waals surface area contributed by atoms with Gasteiger partial charge in [0.1, 0.15) is 0 Å². The summed E-state index contributed by atoms with van der Waals surface area (Å²) in [5, 5.41) is 3.04. The SMILES string of the molecule is CC1CC(Nc2c(N)ccc(F)c2F)CCN1C. The number of nitrogens with zero attached hydrogens (tertiary/aromatic N) is 1. The van der Waals surface area contributed by atoms with Crippen molar-refractivity contribution in [2.75, 3.05) is 24.6 Å². The third kappa shape index (κ3) is 2.56. The van der Waals surface area contributed by atoms with Gasteiger partial charge in [-0.15, -0.1) is 0 Å². The molecule has 0 aliphatic carbocycles. The molecular weight excluding hydrogens is 236 g/mol. The van der Waals surface area contributed by atoms with Gasteiger partial charge in [-0.2, -0.15) is 0 Å². The van der Waals surface area contributed by atoms with E-state index in [0.29, 0.717) is 6.04 Å². The van der Waals surface area contributed by atoms with Crippen molar-refractivity contribution in [3.8, 4) is 0 Å². The fraction of sp³-hybridized carbons (Fsp3) is 0.538. The fourth-order valence-corrected chi connectivity index (χ4v) is 2.34. The predicted octanol–water partition coefficient (Wildman–Crippen LogP) is 2.44. The minimum atomic E-state index is -0.887. The lowest BCUT2D eigenvalue weighted by Crippen LogP contribution is -2.42. The van der Waals surface area contributed by atoms with Gasteiger partial charge in [0.25, 0.3) is 0 Å². The van der Waals surface area contributed by atoms with Crippen LogP contribution in [0.4, 0.5) is 20.2 Å². The monoisotopic (exact) mass is 255 g/mol. The number of hydrogen-bond acceptors (Lipinski definition) is 3. The molecule has 3 nitrogen and oxygen atoms in total. The van der Waals surface area contributed by atoms with E-state index in [-0.39, 0.29) is 17.4 Å². The molecule has 1 saturated heterocycles. The maximum atomic E-state index is 13.7. The van der Waals surface area contributed by atoms with Crippen molar-refractivity contribution in [1.29, 1.82) is 0 Å². The highest BCUT2D eigenvalue weighted by molar-refractivity contribution is 5.67. The van der Waals surface area contributed by atoms with Crippen molar-refractivity contribution in [3.05, 3.63) is 23.8 Å². The van der Waals surface area contributed by atoms with Gasteiger partial charge in [-0.25, -0.2) is 8.78 Å². The number of nitrogens with two attached hydrogens (primary N) is 1. The molecule has 1 aromatic carbocycles. The van der Waals surface area contributed by atoms with Crippen LogP contribution in [0.15, 0.2) is 12.1 Å². The Morgan fingerprint density at radius 2 is 2.11 bits per heavy atom. The van der Waals surface area contributed by atoms with Crippen molar-refractivity contribution >= 4 is 11.4 Å². The van der Waals surface area contributed by atoms with Crippen LogP contribution < -0.4 is 11.1 Å². The number of nitrogen functional groups attached to an aromatic ring is 1. The van der Waals surface area contributed by atoms with E-state index in [1.54, 1.807) is 0 Å². The molecule has 18 heavy (non-hydrogen) atoms. The first-order chi connectivity index (χ1) is 8.49. The molecule has 5 heteroatoms. The quantitative estimate of drug-likeness (QED) is 0.798. The Morgan fingerprint density at radius 1 is 1.39 bits per heavy atom. The zero-order chi connectivity index (χ0) is 13.3. The highest BCUT2D eigenvalue weighted by Crippen LogP contribution is 2.28. The highest BCUT2D eigenvalue weighted by atomic mass is 19.2. The van der Waals surface area contributed by atoms with E-state index < -0.39 is 11.6 Å². The number of piperidine rings is 1. The lowest BCUT2D eigenvalue weighted by Gasteiger charge is -2.36. The molecule has 2 unspecified atom stereocenters. The molecule has 0 radical (unpaired) electrons. The summed E-state index contributed by atoms with van der Waals surface area (Å²) in [6.07, 6.45) is 1.79. The number of anilines is 2. The number of nitrogens with one attached hydrogen (secondary N) is 1. The van der Waals surface area contributed by atoms with E-state index in [4.69, 9.17) is 5.73 Å². The van der Waals surface area contributed by atoms with E-state index in [0.717, 1.165) is 25.5 Å². The second kappa shape index (κ2) is 5.10. The van der Waals surface area contributed by atoms with Crippen LogP contribution in [0.5, 0.6) is 0 Å². The molecule has 0 saturated carbocycles. The molecular formula is C13H19F2N3. The van der Waals surface area contributed by atoms with Crippen molar-refractivity contribution in [2.45, 2.75) is 31.8 Å². The second-order valence-corrected chi connectivity index (χ2v) is 5.02. The molecule has 1 aromatic rings. The van der Waals surface area contributed by atoms with Crippen LogP contribution >= 0.6 is 0 Å². The Kier molecular flexibility index (Phi) is 3.71. The Morgan fingerprint density at radius 3 is 2.78 bits per heavy atom. The molecule has 0 bridgehead atoms. The van der Waals surface area contributed by atoms with Gasteiger partial charge in [-0.1, -0.05) is 0 Å². The van der Waals surface area contributed by atoms with Crippen molar-refractivity contribution in [1.82, 2.24) is 4.90 Å². The van der Waals surface area contributed by atoms with Gasteiger partial charge >= 0.3 is 0 Å². The number of likely N-dealkylation sites (tertiary alicyclic amines) is 1. The molecule has 2 rings (SSSR count). The van der Waals surface area contributed by atoms with E-state index in [1.807, 2.05) is 0 Å². The zero-order valence-corrected chi connectivity index (χ0v) is 10.7. The van der Waals surface area contributed by atoms with E-state index in [2.05, 4.69) is 24.2 Å². The average molecular weight is 255 g/mol. The molecule has 100 valence electrons. The van der Waals surface area contributed by atoms with Gasteiger partial charge in [0.2, 0.25) is 0 Å². The summed E-state index contributed by atoms with van der Waals surface area (Å²) < 4.78 is 26.8. The smallest absolute Gasteiger partial charge is 0.183 e. The van der Waals surface area contributed by atoms with Gasteiger partial charge in [0, 0.05) is 18.6 Å². The largest absolute Gasteiger partial charge is 0.397 e. The molecule has 1 fully saturated rings. The number of halogens is 2. The van der Waals surface area contributed by atoms with Crippen LogP contribution in [0, 0.1) is 11.6 Å². The fourth-order valence-electron chi connectivity index (χ4n) is 2.34. The van der Waals surface area contributed by atoms with Crippen molar-refractivity contribution in [2.24, 2.45) is 0 Å². The summed E-state index contributed by atoms with van der Waals surface area (Å²) in [7, 11) is 2.07. The van der Waals surface area contributed by atoms with Crippen molar-refractivity contribution in [3.63, 3.8) is 0 Å². The third-order valence-corrected chi connectivity index (χ3v) is 3.68. The Hall–Kier alpha value is -1.36. The van der Waals surface area contributed by atoms with Crippen LogP contribution in [-0.2, 0) is 0 Å². The van der Waals surface area contributed by atoms with E-state index in [9.17, 15) is 8.78 Å². The maximum absolute atomic E-state index is 13.7. The Balaban J connectivity index is 2.13. The van der Waals surface area contributed by atoms with Crippen LogP contribution in [0.2, 0.25) is 0 Å². The van der Waals surface area contributed by atoms with Crippen LogP contribution in [-0.4, -0.2) is 30.6 Å². The molecule has 2 atom stereocenters. The molecule has 1 aliphatic rings. The molecule has 0 aromatic heterocycles. The van der Waals surface area contributed by atoms with Gasteiger partial charge in [-0.05, 0) is 38.9 Å². The highest BCUT2D eigenvalue weighted by Gasteiger charge is 2.24. The topological polar surface area (TPSA) is 41.3 Å². The summed E-state index contributed by atoms with van der Waals surface area (Å²) in [4.78, 5) is 2.25. The second-order valence-electron chi connectivity index (χ2n) is 5.02. The van der Waals surface area contributed by atoms with E-state index in [1.165, 1.54) is 6.07 Å². The lowest BCUT2D eigenvalue weighted by molar-refractivity contribution is 0.190. The minimum absolute atomic E-state index is 0.0942. The minimum Gasteiger partial charge on any atom is -0.397 e. The summed E-state index contributed by atoms with van der Waals surface area (Å²) >= 11 is 0. The predicted molar refractivity (Wildman–Crippen MR) is 69.5 cm³/mol. The summed E-state index contributed by atoms with van der Waals surface area (Å²) in [6, 6.07) is 3.00. The molecule has 1 heterocycles. The average Bonchev–Trinajstić information content (AvgIpc) is 2.34. The number of benzene rings is 1. The van der Waals surface area contributed by atoms with Gasteiger partial charge < -0.3 is 16.0 Å². The maximum Gasteiger partial charge on any atom is 0.183 e. The standard InChI is InChI=1S/C13H19F2N3/c1-8-7-9(5-6-18(8)2)17-13-11(16)4-3-10(14)12(13)15/h3-4,8-9,17H,5-7,16H2,1-2H3. The summed E-state index contributed by atoms with van der Waals surface area (Å²) in [5.41, 5.74) is 6.03. The first kappa shape index (κ1) is 13.1. The third-order valence-electron chi connectivity index (χ3n) is 3.68. The van der Waals surface area contributed by atoms with Gasteiger partial charge in [-0.3, -0.25) is 0 Å². The van der Waals surface area contributed by atoms with Crippen LogP contribution in [0.1, 0.15) is 19.8 Å². The number of hydrogen-bond donors (Lipinski definition) is 2. The Bertz CT molecular complexity index is 436. The summed E-state index contributed by atoms with van der Waals surface area (Å²) in [6.45, 7) is 3.06. The molecule has 3 N–H and O–H groups in total.